The second-order valence-electron chi connectivity index (χ2n) is 4.05. The summed E-state index contributed by atoms with van der Waals surface area (Å²) >= 11 is 7.98. The Morgan fingerprint density at radius 3 is 2.61 bits per heavy atom. The third-order valence-corrected chi connectivity index (χ3v) is 3.68. The van der Waals surface area contributed by atoms with Gasteiger partial charge in [0.25, 0.3) is 0 Å². The van der Waals surface area contributed by atoms with Gasteiger partial charge in [0.05, 0.1) is 19.2 Å². The van der Waals surface area contributed by atoms with E-state index in [4.69, 9.17) is 21.1 Å². The lowest BCUT2D eigenvalue weighted by molar-refractivity contribution is 0.354. The van der Waals surface area contributed by atoms with Crippen LogP contribution in [0.1, 0.15) is 12.5 Å². The summed E-state index contributed by atoms with van der Waals surface area (Å²) in [5.41, 5.74) is 1.09. The van der Waals surface area contributed by atoms with Gasteiger partial charge in [0.2, 0.25) is 0 Å². The van der Waals surface area contributed by atoms with Gasteiger partial charge in [0, 0.05) is 18.3 Å². The van der Waals surface area contributed by atoms with Crippen molar-refractivity contribution in [2.24, 2.45) is 0 Å². The van der Waals surface area contributed by atoms with Crippen molar-refractivity contribution in [2.75, 3.05) is 26.2 Å². The van der Waals surface area contributed by atoms with Crippen molar-refractivity contribution in [3.63, 3.8) is 0 Å². The first-order valence-electron chi connectivity index (χ1n) is 5.75. The Bertz CT molecular complexity index is 387. The van der Waals surface area contributed by atoms with Gasteiger partial charge in [0.15, 0.2) is 11.5 Å². The fourth-order valence-corrected chi connectivity index (χ4v) is 2.60. The topological polar surface area (TPSA) is 30.5 Å². The van der Waals surface area contributed by atoms with E-state index in [2.05, 4.69) is 18.5 Å². The first kappa shape index (κ1) is 15.5. The molecule has 0 radical (unpaired) electrons. The predicted octanol–water partition coefficient (Wildman–Crippen LogP) is 3.20. The standard InChI is InChI=1S/C13H20ClNO2S/c1-9(8-18-4)15-7-10-5-11(14)13(17-3)12(6-10)16-2/h5-6,9,15H,7-8H2,1-4H3. The Labute approximate surface area is 118 Å². The molecule has 1 atom stereocenters. The van der Waals surface area contributed by atoms with E-state index >= 15 is 0 Å². The number of thioether (sulfide) groups is 1. The highest BCUT2D eigenvalue weighted by molar-refractivity contribution is 7.98. The Hall–Kier alpha value is -0.580. The van der Waals surface area contributed by atoms with Crippen LogP contribution in [0.5, 0.6) is 11.5 Å². The van der Waals surface area contributed by atoms with Crippen molar-refractivity contribution in [3.05, 3.63) is 22.7 Å². The molecule has 0 aliphatic rings. The van der Waals surface area contributed by atoms with Gasteiger partial charge in [-0.05, 0) is 30.9 Å². The summed E-state index contributed by atoms with van der Waals surface area (Å²) in [5, 5.41) is 4.02. The van der Waals surface area contributed by atoms with Crippen molar-refractivity contribution in [1.29, 1.82) is 0 Å². The third kappa shape index (κ3) is 4.26. The summed E-state index contributed by atoms with van der Waals surface area (Å²) in [6, 6.07) is 4.32. The molecule has 18 heavy (non-hydrogen) atoms. The molecule has 0 aromatic heterocycles. The maximum absolute atomic E-state index is 6.15. The molecule has 1 aromatic carbocycles. The molecule has 0 amide bonds. The Morgan fingerprint density at radius 2 is 2.06 bits per heavy atom. The van der Waals surface area contributed by atoms with Crippen LogP contribution in [0.15, 0.2) is 12.1 Å². The van der Waals surface area contributed by atoms with E-state index in [0.29, 0.717) is 22.6 Å². The molecule has 0 bridgehead atoms. The molecule has 1 unspecified atom stereocenters. The molecular formula is C13H20ClNO2S. The predicted molar refractivity (Wildman–Crippen MR) is 79.2 cm³/mol. The molecule has 1 rings (SSSR count). The zero-order chi connectivity index (χ0) is 13.5. The largest absolute Gasteiger partial charge is 0.493 e. The molecule has 0 spiro atoms. The minimum Gasteiger partial charge on any atom is -0.493 e. The summed E-state index contributed by atoms with van der Waals surface area (Å²) in [7, 11) is 3.20. The van der Waals surface area contributed by atoms with E-state index in [1.54, 1.807) is 14.2 Å². The average Bonchev–Trinajstić information content (AvgIpc) is 2.36. The number of benzene rings is 1. The van der Waals surface area contributed by atoms with Crippen LogP contribution in [-0.2, 0) is 6.54 Å². The van der Waals surface area contributed by atoms with Crippen molar-refractivity contribution in [1.82, 2.24) is 5.32 Å². The van der Waals surface area contributed by atoms with Crippen molar-refractivity contribution < 1.29 is 9.47 Å². The van der Waals surface area contributed by atoms with Crippen LogP contribution in [0, 0.1) is 0 Å². The number of halogens is 1. The van der Waals surface area contributed by atoms with Crippen molar-refractivity contribution in [2.45, 2.75) is 19.5 Å². The minimum absolute atomic E-state index is 0.465. The summed E-state index contributed by atoms with van der Waals surface area (Å²) in [6.45, 7) is 2.93. The van der Waals surface area contributed by atoms with E-state index in [1.807, 2.05) is 23.9 Å². The van der Waals surface area contributed by atoms with E-state index in [9.17, 15) is 0 Å². The molecule has 1 N–H and O–H groups in total. The van der Waals surface area contributed by atoms with Gasteiger partial charge in [-0.25, -0.2) is 0 Å². The van der Waals surface area contributed by atoms with Gasteiger partial charge in [-0.3, -0.25) is 0 Å². The second kappa shape index (κ2) is 7.77. The van der Waals surface area contributed by atoms with Gasteiger partial charge in [-0.2, -0.15) is 11.8 Å². The maximum Gasteiger partial charge on any atom is 0.179 e. The van der Waals surface area contributed by atoms with E-state index in [-0.39, 0.29) is 0 Å². The molecule has 0 heterocycles. The van der Waals surface area contributed by atoms with E-state index < -0.39 is 0 Å². The van der Waals surface area contributed by atoms with Gasteiger partial charge >= 0.3 is 0 Å². The quantitative estimate of drug-likeness (QED) is 0.835. The molecule has 5 heteroatoms. The van der Waals surface area contributed by atoms with E-state index in [0.717, 1.165) is 17.9 Å². The molecule has 3 nitrogen and oxygen atoms in total. The summed E-state index contributed by atoms with van der Waals surface area (Å²) < 4.78 is 10.5. The summed E-state index contributed by atoms with van der Waals surface area (Å²) in [6.07, 6.45) is 2.10. The molecular weight excluding hydrogens is 270 g/mol. The number of ether oxygens (including phenoxy) is 2. The first-order chi connectivity index (χ1) is 8.62. The number of nitrogens with one attached hydrogen (secondary N) is 1. The van der Waals surface area contributed by atoms with Gasteiger partial charge in [-0.1, -0.05) is 11.6 Å². The molecule has 0 aliphatic heterocycles. The lowest BCUT2D eigenvalue weighted by Crippen LogP contribution is -2.27. The number of methoxy groups -OCH3 is 2. The van der Waals surface area contributed by atoms with Crippen LogP contribution in [0.3, 0.4) is 0 Å². The van der Waals surface area contributed by atoms with Crippen LogP contribution >= 0.6 is 23.4 Å². The zero-order valence-electron chi connectivity index (χ0n) is 11.2. The normalized spacial score (nSPS) is 12.3. The van der Waals surface area contributed by atoms with Crippen LogP contribution in [-0.4, -0.2) is 32.3 Å². The Kier molecular flexibility index (Phi) is 6.68. The van der Waals surface area contributed by atoms with Crippen LogP contribution < -0.4 is 14.8 Å². The van der Waals surface area contributed by atoms with Gasteiger partial charge in [0.1, 0.15) is 0 Å². The monoisotopic (exact) mass is 289 g/mol. The van der Waals surface area contributed by atoms with E-state index in [1.165, 1.54) is 0 Å². The highest BCUT2D eigenvalue weighted by Crippen LogP contribution is 2.35. The Morgan fingerprint density at radius 1 is 1.33 bits per heavy atom. The molecule has 0 saturated heterocycles. The zero-order valence-corrected chi connectivity index (χ0v) is 12.8. The molecule has 0 aliphatic carbocycles. The number of hydrogen-bond donors (Lipinski definition) is 1. The van der Waals surface area contributed by atoms with Crippen LogP contribution in [0.25, 0.3) is 0 Å². The highest BCUT2D eigenvalue weighted by atomic mass is 35.5. The van der Waals surface area contributed by atoms with Gasteiger partial charge in [-0.15, -0.1) is 0 Å². The number of rotatable bonds is 7. The second-order valence-corrected chi connectivity index (χ2v) is 5.37. The number of hydrogen-bond acceptors (Lipinski definition) is 4. The molecule has 0 saturated carbocycles. The van der Waals surface area contributed by atoms with Gasteiger partial charge < -0.3 is 14.8 Å². The Balaban J connectivity index is 2.75. The summed E-state index contributed by atoms with van der Waals surface area (Å²) in [5.74, 6) is 2.33. The van der Waals surface area contributed by atoms with Crippen molar-refractivity contribution in [3.8, 4) is 11.5 Å². The average molecular weight is 290 g/mol. The minimum atomic E-state index is 0.465. The smallest absolute Gasteiger partial charge is 0.179 e. The fourth-order valence-electron chi connectivity index (χ4n) is 1.67. The van der Waals surface area contributed by atoms with Crippen LogP contribution in [0.4, 0.5) is 0 Å². The lowest BCUT2D eigenvalue weighted by atomic mass is 10.2. The lowest BCUT2D eigenvalue weighted by Gasteiger charge is -2.15. The first-order valence-corrected chi connectivity index (χ1v) is 7.52. The van der Waals surface area contributed by atoms with Crippen LogP contribution in [0.2, 0.25) is 5.02 Å². The highest BCUT2D eigenvalue weighted by Gasteiger charge is 2.11. The molecule has 1 aromatic rings. The van der Waals surface area contributed by atoms with Crippen molar-refractivity contribution >= 4 is 23.4 Å². The molecule has 102 valence electrons. The third-order valence-electron chi connectivity index (χ3n) is 2.56. The molecule has 0 fully saturated rings. The SMILES string of the molecule is COc1cc(CNC(C)CSC)cc(Cl)c1OC. The fraction of sp³-hybridized carbons (Fsp3) is 0.538. The maximum atomic E-state index is 6.15. The summed E-state index contributed by atoms with van der Waals surface area (Å²) in [4.78, 5) is 0.